The van der Waals surface area contributed by atoms with E-state index in [4.69, 9.17) is 0 Å². The van der Waals surface area contributed by atoms with Crippen molar-refractivity contribution in [1.29, 1.82) is 0 Å². The molecule has 6 heteroatoms. The van der Waals surface area contributed by atoms with E-state index >= 15 is 0 Å². The summed E-state index contributed by atoms with van der Waals surface area (Å²) >= 11 is 0. The number of amides is 1. The van der Waals surface area contributed by atoms with Gasteiger partial charge in [-0.1, -0.05) is 19.9 Å². The largest absolute Gasteiger partial charge is 0.349 e. The first-order valence-electron chi connectivity index (χ1n) is 8.81. The number of hydrogen-bond donors (Lipinski definition) is 2. The number of likely N-dealkylation sites (tertiary alicyclic amines) is 1. The number of hydrogen-bond acceptors (Lipinski definition) is 3. The number of nitrogens with one attached hydrogen (secondary N) is 2. The van der Waals surface area contributed by atoms with Crippen LogP contribution in [0.2, 0.25) is 0 Å². The molecule has 2 aromatic rings. The average Bonchev–Trinajstić information content (AvgIpc) is 3.09. The van der Waals surface area contributed by atoms with E-state index in [0.29, 0.717) is 12.5 Å². The van der Waals surface area contributed by atoms with Gasteiger partial charge in [-0.3, -0.25) is 14.5 Å². The molecule has 5 nitrogen and oxygen atoms in total. The fraction of sp³-hybridized carbons (Fsp3) is 0.474. The minimum absolute atomic E-state index is 0.0695. The lowest BCUT2D eigenvalue weighted by Gasteiger charge is -2.31. The van der Waals surface area contributed by atoms with Gasteiger partial charge >= 0.3 is 0 Å². The number of aromatic amines is 1. The highest BCUT2D eigenvalue weighted by Gasteiger charge is 2.25. The Bertz CT molecular complexity index is 825. The Morgan fingerprint density at radius 2 is 2.04 bits per heavy atom. The van der Waals surface area contributed by atoms with E-state index in [0.717, 1.165) is 13.1 Å². The Morgan fingerprint density at radius 1 is 1.32 bits per heavy atom. The number of halogens is 1. The normalized spacial score (nSPS) is 16.5. The molecule has 1 aliphatic rings. The summed E-state index contributed by atoms with van der Waals surface area (Å²) in [7, 11) is 0. The summed E-state index contributed by atoms with van der Waals surface area (Å²) in [5, 5.41) is 3.14. The molecule has 1 amide bonds. The quantitative estimate of drug-likeness (QED) is 0.875. The second-order valence-electron chi connectivity index (χ2n) is 6.97. The molecule has 0 radical (unpaired) electrons. The number of benzene rings is 1. The predicted octanol–water partition coefficient (Wildman–Crippen LogP) is 2.52. The number of aromatic nitrogens is 1. The van der Waals surface area contributed by atoms with Crippen molar-refractivity contribution in [2.75, 3.05) is 19.6 Å². The molecule has 0 aliphatic carbocycles. The predicted molar refractivity (Wildman–Crippen MR) is 96.3 cm³/mol. The Kier molecular flexibility index (Phi) is 5.18. The van der Waals surface area contributed by atoms with Crippen molar-refractivity contribution in [3.05, 3.63) is 46.0 Å². The van der Waals surface area contributed by atoms with Crippen LogP contribution in [0.5, 0.6) is 0 Å². The van der Waals surface area contributed by atoms with E-state index in [1.54, 1.807) is 6.07 Å². The van der Waals surface area contributed by atoms with Crippen LogP contribution in [0.15, 0.2) is 29.1 Å². The fourth-order valence-electron chi connectivity index (χ4n) is 3.51. The molecule has 1 fully saturated rings. The summed E-state index contributed by atoms with van der Waals surface area (Å²) in [6.45, 7) is 6.89. The first kappa shape index (κ1) is 17.6. The van der Waals surface area contributed by atoms with Gasteiger partial charge in [-0.2, -0.15) is 0 Å². The van der Waals surface area contributed by atoms with Crippen molar-refractivity contribution in [1.82, 2.24) is 15.2 Å². The van der Waals surface area contributed by atoms with Crippen molar-refractivity contribution in [2.24, 2.45) is 5.92 Å². The number of rotatable bonds is 5. The van der Waals surface area contributed by atoms with Crippen LogP contribution in [0.25, 0.3) is 10.9 Å². The van der Waals surface area contributed by atoms with Crippen LogP contribution < -0.4 is 10.7 Å². The molecule has 134 valence electrons. The third-order valence-electron chi connectivity index (χ3n) is 4.91. The van der Waals surface area contributed by atoms with Crippen LogP contribution in [-0.2, 0) is 0 Å². The maximum atomic E-state index is 13.9. The second kappa shape index (κ2) is 7.35. The van der Waals surface area contributed by atoms with Gasteiger partial charge in [0.05, 0.1) is 5.52 Å². The van der Waals surface area contributed by atoms with Gasteiger partial charge in [0, 0.05) is 24.0 Å². The van der Waals surface area contributed by atoms with Crippen LogP contribution in [0.1, 0.15) is 37.2 Å². The molecule has 1 saturated heterocycles. The van der Waals surface area contributed by atoms with Crippen molar-refractivity contribution in [3.8, 4) is 0 Å². The van der Waals surface area contributed by atoms with Crippen molar-refractivity contribution in [3.63, 3.8) is 0 Å². The van der Waals surface area contributed by atoms with Crippen molar-refractivity contribution in [2.45, 2.75) is 32.7 Å². The molecule has 1 aromatic heterocycles. The molecule has 2 N–H and O–H groups in total. The number of carbonyl (C=O) groups excluding carboxylic acids is 1. The van der Waals surface area contributed by atoms with Gasteiger partial charge < -0.3 is 10.3 Å². The zero-order chi connectivity index (χ0) is 18.0. The Balaban J connectivity index is 1.77. The number of fused-ring (bicyclic) bond motifs is 1. The highest BCUT2D eigenvalue weighted by atomic mass is 19.1. The maximum Gasteiger partial charge on any atom is 0.267 e. The second-order valence-corrected chi connectivity index (χ2v) is 6.97. The SMILES string of the molecule is CC(C)[C@H](CNC(=O)c1cc(=O)c2cccc(F)c2[nH]1)N1CCCC1. The zero-order valence-corrected chi connectivity index (χ0v) is 14.6. The summed E-state index contributed by atoms with van der Waals surface area (Å²) in [4.78, 5) is 29.8. The molecule has 1 aromatic carbocycles. The van der Waals surface area contributed by atoms with Crippen LogP contribution >= 0.6 is 0 Å². The van der Waals surface area contributed by atoms with Gasteiger partial charge in [-0.15, -0.1) is 0 Å². The highest BCUT2D eigenvalue weighted by molar-refractivity contribution is 5.94. The molecular weight excluding hydrogens is 321 g/mol. The van der Waals surface area contributed by atoms with Gasteiger partial charge in [0.1, 0.15) is 11.5 Å². The first-order valence-corrected chi connectivity index (χ1v) is 8.81. The summed E-state index contributed by atoms with van der Waals surface area (Å²) in [6.07, 6.45) is 2.38. The molecule has 1 atom stereocenters. The topological polar surface area (TPSA) is 65.2 Å². The van der Waals surface area contributed by atoms with Crippen molar-refractivity contribution >= 4 is 16.8 Å². The average molecular weight is 345 g/mol. The summed E-state index contributed by atoms with van der Waals surface area (Å²) < 4.78 is 13.9. The summed E-state index contributed by atoms with van der Waals surface area (Å²) in [5.74, 6) is -0.514. The summed E-state index contributed by atoms with van der Waals surface area (Å²) in [5.41, 5.74) is -0.204. The molecule has 3 rings (SSSR count). The number of H-pyrrole nitrogens is 1. The molecular formula is C19H24FN3O2. The highest BCUT2D eigenvalue weighted by Crippen LogP contribution is 2.17. The van der Waals surface area contributed by atoms with Gasteiger partial charge in [0.15, 0.2) is 5.43 Å². The molecule has 0 unspecified atom stereocenters. The van der Waals surface area contributed by atoms with Crippen molar-refractivity contribution < 1.29 is 9.18 Å². The molecule has 0 bridgehead atoms. The van der Waals surface area contributed by atoms with E-state index in [1.165, 1.54) is 31.0 Å². The molecule has 1 aliphatic heterocycles. The molecule has 0 spiro atoms. The van der Waals surface area contributed by atoms with Gasteiger partial charge in [0.25, 0.3) is 5.91 Å². The maximum absolute atomic E-state index is 13.9. The zero-order valence-electron chi connectivity index (χ0n) is 14.6. The summed E-state index contributed by atoms with van der Waals surface area (Å²) in [6, 6.07) is 5.78. The Hall–Kier alpha value is -2.21. The third kappa shape index (κ3) is 3.74. The number of nitrogens with zero attached hydrogens (tertiary/aromatic N) is 1. The van der Waals surface area contributed by atoms with E-state index in [-0.39, 0.29) is 34.0 Å². The number of carbonyl (C=O) groups is 1. The lowest BCUT2D eigenvalue weighted by Crippen LogP contribution is -2.45. The van der Waals surface area contributed by atoms with E-state index in [2.05, 4.69) is 29.0 Å². The van der Waals surface area contributed by atoms with Crippen LogP contribution in [0, 0.1) is 11.7 Å². The smallest absolute Gasteiger partial charge is 0.267 e. The van der Waals surface area contributed by atoms with Crippen LogP contribution in [0.4, 0.5) is 4.39 Å². The fourth-order valence-corrected chi connectivity index (χ4v) is 3.51. The van der Waals surface area contributed by atoms with E-state index in [9.17, 15) is 14.0 Å². The minimum atomic E-state index is -0.540. The van der Waals surface area contributed by atoms with E-state index in [1.807, 2.05) is 0 Å². The van der Waals surface area contributed by atoms with Gasteiger partial charge in [-0.05, 0) is 44.0 Å². The van der Waals surface area contributed by atoms with Crippen LogP contribution in [-0.4, -0.2) is 41.5 Å². The lowest BCUT2D eigenvalue weighted by molar-refractivity contribution is 0.0922. The monoisotopic (exact) mass is 345 g/mol. The molecule has 2 heterocycles. The minimum Gasteiger partial charge on any atom is -0.349 e. The van der Waals surface area contributed by atoms with Gasteiger partial charge in [0.2, 0.25) is 0 Å². The number of para-hydroxylation sites is 1. The van der Waals surface area contributed by atoms with Gasteiger partial charge in [-0.25, -0.2) is 4.39 Å². The third-order valence-corrected chi connectivity index (χ3v) is 4.91. The van der Waals surface area contributed by atoms with Crippen LogP contribution in [0.3, 0.4) is 0 Å². The molecule has 25 heavy (non-hydrogen) atoms. The lowest BCUT2D eigenvalue weighted by atomic mass is 10.0. The first-order chi connectivity index (χ1) is 12.0. The Morgan fingerprint density at radius 3 is 2.72 bits per heavy atom. The Labute approximate surface area is 146 Å². The molecule has 0 saturated carbocycles. The van der Waals surface area contributed by atoms with E-state index < -0.39 is 5.82 Å². The standard InChI is InChI=1S/C19H24FN3O2/c1-12(2)16(23-8-3-4-9-23)11-21-19(25)15-10-17(24)13-6-5-7-14(20)18(13)22-15/h5-7,10,12,16H,3-4,8-9,11H2,1-2H3,(H,21,25)(H,22,24)/t16-/m0/s1. The number of pyridine rings is 1.